The summed E-state index contributed by atoms with van der Waals surface area (Å²) in [5.74, 6) is 0.267. The largest absolute Gasteiger partial charge is 0.314 e. The average Bonchev–Trinajstić information content (AvgIpc) is 2.37. The Morgan fingerprint density at radius 3 is 2.53 bits per heavy atom. The van der Waals surface area contributed by atoms with E-state index >= 15 is 0 Å². The number of nitrogens with zero attached hydrogens (tertiary/aromatic N) is 1. The molecule has 2 atom stereocenters. The number of benzene rings is 1. The molecular formula is C14H21ClN2O2. The number of nitrogens with one attached hydrogen (secondary N) is 1. The van der Waals surface area contributed by atoms with Gasteiger partial charge in [0.2, 0.25) is 0 Å². The van der Waals surface area contributed by atoms with Gasteiger partial charge < -0.3 is 5.32 Å². The Labute approximate surface area is 119 Å². The van der Waals surface area contributed by atoms with Gasteiger partial charge in [0.05, 0.1) is 4.92 Å². The lowest BCUT2D eigenvalue weighted by Crippen LogP contribution is -2.33. The fourth-order valence-electron chi connectivity index (χ4n) is 2.47. The van der Waals surface area contributed by atoms with Crippen LogP contribution in [0, 0.1) is 17.0 Å². The number of halogens is 1. The summed E-state index contributed by atoms with van der Waals surface area (Å²) in [6.07, 6.45) is 1.00. The van der Waals surface area contributed by atoms with Crippen molar-refractivity contribution in [3.63, 3.8) is 0 Å². The lowest BCUT2D eigenvalue weighted by atomic mass is 9.88. The van der Waals surface area contributed by atoms with Gasteiger partial charge >= 0.3 is 0 Å². The predicted molar refractivity (Wildman–Crippen MR) is 79.0 cm³/mol. The van der Waals surface area contributed by atoms with Gasteiger partial charge in [-0.15, -0.1) is 0 Å². The number of nitro groups is 1. The number of aryl methyl sites for hydroxylation is 1. The molecule has 4 nitrogen and oxygen atoms in total. The lowest BCUT2D eigenvalue weighted by Gasteiger charge is -2.25. The second-order valence-corrected chi connectivity index (χ2v) is 5.19. The van der Waals surface area contributed by atoms with Crippen LogP contribution in [-0.4, -0.2) is 17.5 Å². The van der Waals surface area contributed by atoms with E-state index in [1.165, 1.54) is 0 Å². The molecule has 0 aromatic heterocycles. The second kappa shape index (κ2) is 6.87. The zero-order valence-corrected chi connectivity index (χ0v) is 12.6. The molecule has 1 aromatic rings. The van der Waals surface area contributed by atoms with Crippen LogP contribution in [0.3, 0.4) is 0 Å². The van der Waals surface area contributed by atoms with E-state index in [-0.39, 0.29) is 16.6 Å². The molecule has 1 N–H and O–H groups in total. The van der Waals surface area contributed by atoms with E-state index < -0.39 is 4.92 Å². The Morgan fingerprint density at radius 1 is 1.42 bits per heavy atom. The molecule has 0 saturated carbocycles. The van der Waals surface area contributed by atoms with E-state index in [0.29, 0.717) is 6.04 Å². The van der Waals surface area contributed by atoms with Gasteiger partial charge in [-0.25, -0.2) is 0 Å². The van der Waals surface area contributed by atoms with Gasteiger partial charge in [-0.3, -0.25) is 10.1 Å². The highest BCUT2D eigenvalue weighted by molar-refractivity contribution is 6.32. The normalized spacial score (nSPS) is 14.2. The van der Waals surface area contributed by atoms with Crippen LogP contribution in [0.2, 0.25) is 5.02 Å². The van der Waals surface area contributed by atoms with Gasteiger partial charge in [0, 0.05) is 12.1 Å². The van der Waals surface area contributed by atoms with Crippen molar-refractivity contribution in [2.75, 3.05) is 6.54 Å². The van der Waals surface area contributed by atoms with Crippen LogP contribution >= 0.6 is 11.6 Å². The Kier molecular flexibility index (Phi) is 5.76. The first-order valence-electron chi connectivity index (χ1n) is 6.60. The summed E-state index contributed by atoms with van der Waals surface area (Å²) >= 11 is 6.00. The van der Waals surface area contributed by atoms with Crippen molar-refractivity contribution in [2.24, 2.45) is 0 Å². The fraction of sp³-hybridized carbons (Fsp3) is 0.571. The number of likely N-dealkylation sites (N-methyl/N-ethyl adjacent to an activating group) is 1. The third-order valence-corrected chi connectivity index (χ3v) is 3.84. The first-order valence-corrected chi connectivity index (χ1v) is 6.97. The Bertz CT molecular complexity index is 463. The van der Waals surface area contributed by atoms with Gasteiger partial charge in [-0.2, -0.15) is 0 Å². The van der Waals surface area contributed by atoms with Crippen LogP contribution in [0.25, 0.3) is 0 Å². The number of hydrogen-bond acceptors (Lipinski definition) is 3. The third-order valence-electron chi connectivity index (χ3n) is 3.53. The van der Waals surface area contributed by atoms with Crippen molar-refractivity contribution >= 4 is 17.3 Å². The van der Waals surface area contributed by atoms with E-state index in [9.17, 15) is 10.1 Å². The minimum atomic E-state index is -0.439. The quantitative estimate of drug-likeness (QED) is 0.633. The zero-order chi connectivity index (χ0) is 14.6. The molecule has 1 rings (SSSR count). The molecule has 0 aliphatic carbocycles. The fourth-order valence-corrected chi connectivity index (χ4v) is 2.71. The van der Waals surface area contributed by atoms with Crippen LogP contribution < -0.4 is 5.32 Å². The van der Waals surface area contributed by atoms with Gasteiger partial charge in [0.25, 0.3) is 5.69 Å². The minimum absolute atomic E-state index is 0.0217. The number of hydrogen-bond donors (Lipinski definition) is 1. The minimum Gasteiger partial charge on any atom is -0.314 e. The van der Waals surface area contributed by atoms with Gasteiger partial charge in [0.15, 0.2) is 0 Å². The van der Waals surface area contributed by atoms with Crippen molar-refractivity contribution in [1.29, 1.82) is 0 Å². The number of rotatable bonds is 6. The molecule has 0 bridgehead atoms. The van der Waals surface area contributed by atoms with Crippen LogP contribution in [0.5, 0.6) is 0 Å². The maximum absolute atomic E-state index is 10.9. The van der Waals surface area contributed by atoms with E-state index in [1.807, 2.05) is 6.92 Å². The summed E-state index contributed by atoms with van der Waals surface area (Å²) in [4.78, 5) is 10.4. The predicted octanol–water partition coefficient (Wildman–Crippen LogP) is 4.05. The first kappa shape index (κ1) is 15.9. The molecule has 106 valence electrons. The van der Waals surface area contributed by atoms with E-state index in [4.69, 9.17) is 11.6 Å². The van der Waals surface area contributed by atoms with Crippen molar-refractivity contribution in [3.8, 4) is 0 Å². The molecule has 0 aliphatic heterocycles. The molecule has 0 heterocycles. The molecule has 0 amide bonds. The molecule has 0 fully saturated rings. The van der Waals surface area contributed by atoms with Gasteiger partial charge in [-0.05, 0) is 43.0 Å². The topological polar surface area (TPSA) is 55.2 Å². The molecule has 5 heteroatoms. The van der Waals surface area contributed by atoms with Crippen molar-refractivity contribution < 1.29 is 4.92 Å². The average molecular weight is 285 g/mol. The molecule has 0 spiro atoms. The Balaban J connectivity index is 3.13. The molecule has 2 unspecified atom stereocenters. The molecule has 0 aliphatic rings. The maximum atomic E-state index is 10.9. The summed E-state index contributed by atoms with van der Waals surface area (Å²) in [6, 6.07) is 3.65. The molecular weight excluding hydrogens is 264 g/mol. The zero-order valence-electron chi connectivity index (χ0n) is 11.9. The van der Waals surface area contributed by atoms with Crippen LogP contribution in [0.4, 0.5) is 5.69 Å². The van der Waals surface area contributed by atoms with Crippen molar-refractivity contribution in [3.05, 3.63) is 38.4 Å². The maximum Gasteiger partial charge on any atom is 0.288 e. The first-order chi connectivity index (χ1) is 8.92. The molecule has 1 aromatic carbocycles. The van der Waals surface area contributed by atoms with Crippen LogP contribution in [0.1, 0.15) is 44.2 Å². The van der Waals surface area contributed by atoms with Crippen molar-refractivity contribution in [1.82, 2.24) is 5.32 Å². The summed E-state index contributed by atoms with van der Waals surface area (Å²) in [5, 5.41) is 14.5. The Hall–Kier alpha value is -1.13. The highest BCUT2D eigenvalue weighted by Gasteiger charge is 2.22. The summed E-state index contributed by atoms with van der Waals surface area (Å²) < 4.78 is 0. The molecule has 0 saturated heterocycles. The van der Waals surface area contributed by atoms with Gasteiger partial charge in [-0.1, -0.05) is 32.4 Å². The van der Waals surface area contributed by atoms with E-state index in [1.54, 1.807) is 12.1 Å². The highest BCUT2D eigenvalue weighted by Crippen LogP contribution is 2.33. The third kappa shape index (κ3) is 3.67. The molecule has 19 heavy (non-hydrogen) atoms. The van der Waals surface area contributed by atoms with Crippen molar-refractivity contribution in [2.45, 2.75) is 46.1 Å². The van der Waals surface area contributed by atoms with E-state index in [2.05, 4.69) is 26.1 Å². The van der Waals surface area contributed by atoms with Gasteiger partial charge in [0.1, 0.15) is 5.02 Å². The lowest BCUT2D eigenvalue weighted by molar-refractivity contribution is -0.384. The monoisotopic (exact) mass is 284 g/mol. The summed E-state index contributed by atoms with van der Waals surface area (Å²) in [7, 11) is 0. The SMILES string of the molecule is CCNC(CC)C(C)c1cc(Cl)c([N+](=O)[O-])cc1C. The highest BCUT2D eigenvalue weighted by atomic mass is 35.5. The summed E-state index contributed by atoms with van der Waals surface area (Å²) in [6.45, 7) is 9.13. The second-order valence-electron chi connectivity index (χ2n) is 4.78. The number of nitro benzene ring substituents is 1. The van der Waals surface area contributed by atoms with Crippen LogP contribution in [0.15, 0.2) is 12.1 Å². The molecule has 0 radical (unpaired) electrons. The van der Waals surface area contributed by atoms with E-state index in [0.717, 1.165) is 24.1 Å². The standard InChI is InChI=1S/C14H21ClN2O2/c1-5-13(16-6-2)10(4)11-8-12(15)14(17(18)19)7-9(11)3/h7-8,10,13,16H,5-6H2,1-4H3. The Morgan fingerprint density at radius 2 is 2.05 bits per heavy atom. The van der Waals surface area contributed by atoms with Crippen LogP contribution in [-0.2, 0) is 0 Å². The smallest absolute Gasteiger partial charge is 0.288 e. The summed E-state index contributed by atoms with van der Waals surface area (Å²) in [5.41, 5.74) is 1.97.